The highest BCUT2D eigenvalue weighted by molar-refractivity contribution is 5.95. The SMILES string of the molecule is CC(=O)c1cccc(O[C@@H](C)C(=O)Nc2ccc3c(c2)CCC3)c1. The second-order valence-electron chi connectivity index (χ2n) is 6.17. The third-order valence-electron chi connectivity index (χ3n) is 4.29. The molecule has 24 heavy (non-hydrogen) atoms. The number of benzene rings is 2. The van der Waals surface area contributed by atoms with Crippen molar-refractivity contribution in [1.29, 1.82) is 0 Å². The third-order valence-corrected chi connectivity index (χ3v) is 4.29. The van der Waals surface area contributed by atoms with Crippen molar-refractivity contribution in [2.75, 3.05) is 5.32 Å². The molecule has 0 bridgehead atoms. The van der Waals surface area contributed by atoms with Gasteiger partial charge in [0, 0.05) is 11.3 Å². The van der Waals surface area contributed by atoms with Crippen molar-refractivity contribution < 1.29 is 14.3 Å². The van der Waals surface area contributed by atoms with Crippen molar-refractivity contribution >= 4 is 17.4 Å². The Morgan fingerprint density at radius 3 is 2.67 bits per heavy atom. The van der Waals surface area contributed by atoms with Gasteiger partial charge in [-0.1, -0.05) is 18.2 Å². The van der Waals surface area contributed by atoms with Crippen molar-refractivity contribution in [1.82, 2.24) is 0 Å². The van der Waals surface area contributed by atoms with Crippen molar-refractivity contribution in [2.24, 2.45) is 0 Å². The van der Waals surface area contributed by atoms with Crippen LogP contribution in [0.2, 0.25) is 0 Å². The molecule has 1 atom stereocenters. The number of amides is 1. The fourth-order valence-corrected chi connectivity index (χ4v) is 2.94. The first-order valence-electron chi connectivity index (χ1n) is 8.23. The zero-order valence-electron chi connectivity index (χ0n) is 14.0. The summed E-state index contributed by atoms with van der Waals surface area (Å²) in [7, 11) is 0. The number of fused-ring (bicyclic) bond motifs is 1. The maximum Gasteiger partial charge on any atom is 0.265 e. The van der Waals surface area contributed by atoms with E-state index in [2.05, 4.69) is 11.4 Å². The molecule has 0 radical (unpaired) electrons. The van der Waals surface area contributed by atoms with Crippen molar-refractivity contribution in [2.45, 2.75) is 39.2 Å². The molecular formula is C20H21NO3. The lowest BCUT2D eigenvalue weighted by atomic mass is 10.1. The van der Waals surface area contributed by atoms with E-state index in [4.69, 9.17) is 4.74 Å². The van der Waals surface area contributed by atoms with Crippen LogP contribution in [0.4, 0.5) is 5.69 Å². The molecule has 0 unspecified atom stereocenters. The second-order valence-corrected chi connectivity index (χ2v) is 6.17. The lowest BCUT2D eigenvalue weighted by molar-refractivity contribution is -0.122. The zero-order valence-corrected chi connectivity index (χ0v) is 14.0. The Hall–Kier alpha value is -2.62. The molecule has 2 aromatic rings. The minimum absolute atomic E-state index is 0.0318. The van der Waals surface area contributed by atoms with Gasteiger partial charge in [-0.3, -0.25) is 9.59 Å². The van der Waals surface area contributed by atoms with Crippen LogP contribution in [0.25, 0.3) is 0 Å². The standard InChI is InChI=1S/C20H21NO3/c1-13(22)16-6-4-8-19(12-16)24-14(2)20(23)21-18-10-9-15-5-3-7-17(15)11-18/h4,6,8-12,14H,3,5,7H2,1-2H3,(H,21,23)/t14-/m0/s1. The molecule has 4 nitrogen and oxygen atoms in total. The molecule has 1 N–H and O–H groups in total. The Bertz CT molecular complexity index is 782. The summed E-state index contributed by atoms with van der Waals surface area (Å²) in [5.41, 5.74) is 4.06. The molecular weight excluding hydrogens is 302 g/mol. The summed E-state index contributed by atoms with van der Waals surface area (Å²) in [6.07, 6.45) is 2.72. The van der Waals surface area contributed by atoms with Gasteiger partial charge in [-0.05, 0) is 68.5 Å². The van der Waals surface area contributed by atoms with Gasteiger partial charge in [0.15, 0.2) is 11.9 Å². The molecule has 0 saturated carbocycles. The molecule has 3 rings (SSSR count). The number of hydrogen-bond acceptors (Lipinski definition) is 3. The van der Waals surface area contributed by atoms with Gasteiger partial charge in [-0.15, -0.1) is 0 Å². The first kappa shape index (κ1) is 16.2. The molecule has 0 saturated heterocycles. The van der Waals surface area contributed by atoms with Gasteiger partial charge < -0.3 is 10.1 Å². The van der Waals surface area contributed by atoms with E-state index in [0.717, 1.165) is 18.5 Å². The monoisotopic (exact) mass is 323 g/mol. The van der Waals surface area contributed by atoms with E-state index in [1.165, 1.54) is 24.5 Å². The smallest absolute Gasteiger partial charge is 0.265 e. The van der Waals surface area contributed by atoms with Gasteiger partial charge in [-0.25, -0.2) is 0 Å². The number of aryl methyl sites for hydroxylation is 2. The largest absolute Gasteiger partial charge is 0.481 e. The summed E-state index contributed by atoms with van der Waals surface area (Å²) < 4.78 is 5.67. The third kappa shape index (κ3) is 3.65. The quantitative estimate of drug-likeness (QED) is 0.852. The molecule has 1 amide bonds. The molecule has 124 valence electrons. The fraction of sp³-hybridized carbons (Fsp3) is 0.300. The van der Waals surface area contributed by atoms with E-state index in [1.807, 2.05) is 12.1 Å². The number of carbonyl (C=O) groups is 2. The van der Waals surface area contributed by atoms with Crippen LogP contribution in [0.3, 0.4) is 0 Å². The number of rotatable bonds is 5. The first-order valence-corrected chi connectivity index (χ1v) is 8.23. The van der Waals surface area contributed by atoms with E-state index in [-0.39, 0.29) is 11.7 Å². The summed E-state index contributed by atoms with van der Waals surface area (Å²) in [5.74, 6) is 0.274. The second kappa shape index (κ2) is 6.87. The number of anilines is 1. The molecule has 0 aromatic heterocycles. The normalized spacial score (nSPS) is 13.9. The van der Waals surface area contributed by atoms with Gasteiger partial charge in [0.2, 0.25) is 0 Å². The Balaban J connectivity index is 1.64. The highest BCUT2D eigenvalue weighted by Gasteiger charge is 2.17. The number of Topliss-reactive ketones (excluding diaryl/α,β-unsaturated/α-hetero) is 1. The summed E-state index contributed by atoms with van der Waals surface area (Å²) in [5, 5.41) is 2.90. The number of nitrogens with one attached hydrogen (secondary N) is 1. The molecule has 0 fully saturated rings. The summed E-state index contributed by atoms with van der Waals surface area (Å²) in [6, 6.07) is 12.9. The summed E-state index contributed by atoms with van der Waals surface area (Å²) >= 11 is 0. The average molecular weight is 323 g/mol. The van der Waals surface area contributed by atoms with Crippen LogP contribution in [0.5, 0.6) is 5.75 Å². The minimum atomic E-state index is -0.652. The highest BCUT2D eigenvalue weighted by Crippen LogP contribution is 2.25. The lowest BCUT2D eigenvalue weighted by Gasteiger charge is -2.15. The van der Waals surface area contributed by atoms with E-state index in [0.29, 0.717) is 11.3 Å². The number of hydrogen-bond donors (Lipinski definition) is 1. The van der Waals surface area contributed by atoms with Crippen LogP contribution in [-0.4, -0.2) is 17.8 Å². The molecule has 1 aliphatic rings. The Kier molecular flexibility index (Phi) is 4.65. The Morgan fingerprint density at radius 1 is 1.08 bits per heavy atom. The Morgan fingerprint density at radius 2 is 1.88 bits per heavy atom. The predicted molar refractivity (Wildman–Crippen MR) is 93.6 cm³/mol. The molecule has 0 heterocycles. The lowest BCUT2D eigenvalue weighted by Crippen LogP contribution is -2.30. The fourth-order valence-electron chi connectivity index (χ4n) is 2.94. The number of ketones is 1. The molecule has 1 aliphatic carbocycles. The van der Waals surface area contributed by atoms with Gasteiger partial charge in [0.05, 0.1) is 0 Å². The molecule has 2 aromatic carbocycles. The van der Waals surface area contributed by atoms with Crippen LogP contribution in [0, 0.1) is 0 Å². The number of carbonyl (C=O) groups excluding carboxylic acids is 2. The van der Waals surface area contributed by atoms with Gasteiger partial charge >= 0.3 is 0 Å². The average Bonchev–Trinajstić information content (AvgIpc) is 3.02. The first-order chi connectivity index (χ1) is 11.5. The molecule has 0 aliphatic heterocycles. The molecule has 0 spiro atoms. The maximum atomic E-state index is 12.3. The minimum Gasteiger partial charge on any atom is -0.481 e. The van der Waals surface area contributed by atoms with Gasteiger partial charge in [-0.2, -0.15) is 0 Å². The summed E-state index contributed by atoms with van der Waals surface area (Å²) in [4.78, 5) is 23.7. The molecule has 4 heteroatoms. The van der Waals surface area contributed by atoms with Crippen LogP contribution in [0.1, 0.15) is 41.8 Å². The maximum absolute atomic E-state index is 12.3. The highest BCUT2D eigenvalue weighted by atomic mass is 16.5. The van der Waals surface area contributed by atoms with Crippen molar-refractivity contribution in [3.63, 3.8) is 0 Å². The van der Waals surface area contributed by atoms with Crippen LogP contribution >= 0.6 is 0 Å². The van der Waals surface area contributed by atoms with E-state index in [9.17, 15) is 9.59 Å². The van der Waals surface area contributed by atoms with Crippen molar-refractivity contribution in [3.8, 4) is 5.75 Å². The van der Waals surface area contributed by atoms with E-state index >= 15 is 0 Å². The zero-order chi connectivity index (χ0) is 17.1. The van der Waals surface area contributed by atoms with E-state index in [1.54, 1.807) is 31.2 Å². The number of ether oxygens (including phenoxy) is 1. The topological polar surface area (TPSA) is 55.4 Å². The van der Waals surface area contributed by atoms with Crippen LogP contribution in [-0.2, 0) is 17.6 Å². The Labute approximate surface area is 141 Å². The van der Waals surface area contributed by atoms with E-state index < -0.39 is 6.10 Å². The van der Waals surface area contributed by atoms with Gasteiger partial charge in [0.25, 0.3) is 5.91 Å². The van der Waals surface area contributed by atoms with Gasteiger partial charge in [0.1, 0.15) is 5.75 Å². The van der Waals surface area contributed by atoms with Crippen LogP contribution in [0.15, 0.2) is 42.5 Å². The van der Waals surface area contributed by atoms with Crippen molar-refractivity contribution in [3.05, 3.63) is 59.2 Å². The van der Waals surface area contributed by atoms with Crippen LogP contribution < -0.4 is 10.1 Å². The predicted octanol–water partition coefficient (Wildman–Crippen LogP) is 3.78. The summed E-state index contributed by atoms with van der Waals surface area (Å²) in [6.45, 7) is 3.20.